The van der Waals surface area contributed by atoms with Crippen LogP contribution in [0.5, 0.6) is 5.75 Å². The van der Waals surface area contributed by atoms with E-state index in [0.717, 1.165) is 25.8 Å². The minimum absolute atomic E-state index is 0.0923. The first-order chi connectivity index (χ1) is 14.5. The van der Waals surface area contributed by atoms with E-state index < -0.39 is 17.2 Å². The third-order valence-corrected chi connectivity index (χ3v) is 5.33. The van der Waals surface area contributed by atoms with Gasteiger partial charge in [0, 0.05) is 45.4 Å². The number of aliphatic hydroxyl groups excluding tert-OH is 1. The Kier molecular flexibility index (Phi) is 7.40. The molecular weight excluding hydrogens is 388 g/mol. The lowest BCUT2D eigenvalue weighted by Crippen LogP contribution is -2.35. The predicted molar refractivity (Wildman–Crippen MR) is 111 cm³/mol. The molecule has 0 unspecified atom stereocenters. The van der Waals surface area contributed by atoms with Crippen LogP contribution in [0.2, 0.25) is 0 Å². The van der Waals surface area contributed by atoms with Gasteiger partial charge in [-0.1, -0.05) is 6.42 Å². The van der Waals surface area contributed by atoms with Gasteiger partial charge in [0.05, 0.1) is 5.52 Å². The van der Waals surface area contributed by atoms with Crippen LogP contribution in [0.1, 0.15) is 48.9 Å². The fourth-order valence-corrected chi connectivity index (χ4v) is 3.75. The molecule has 1 fully saturated rings. The third-order valence-electron chi connectivity index (χ3n) is 5.33. The van der Waals surface area contributed by atoms with E-state index >= 15 is 0 Å². The predicted octanol–water partition coefficient (Wildman–Crippen LogP) is 1.01. The second-order valence-corrected chi connectivity index (χ2v) is 7.43. The Labute approximate surface area is 174 Å². The highest BCUT2D eigenvalue weighted by Crippen LogP contribution is 2.24. The average Bonchev–Trinajstić information content (AvgIpc) is 2.95. The summed E-state index contributed by atoms with van der Waals surface area (Å²) in [5, 5.41) is 22.0. The Morgan fingerprint density at radius 1 is 1.17 bits per heavy atom. The summed E-state index contributed by atoms with van der Waals surface area (Å²) in [7, 11) is 0. The Bertz CT molecular complexity index is 972. The summed E-state index contributed by atoms with van der Waals surface area (Å²) in [6.45, 7) is 1.65. The van der Waals surface area contributed by atoms with E-state index in [1.807, 2.05) is 4.90 Å². The molecule has 0 radical (unpaired) electrons. The highest BCUT2D eigenvalue weighted by Gasteiger charge is 2.23. The molecule has 0 bridgehead atoms. The zero-order valence-corrected chi connectivity index (χ0v) is 17.0. The van der Waals surface area contributed by atoms with Crippen molar-refractivity contribution in [2.24, 2.45) is 0 Å². The maximum absolute atomic E-state index is 13.1. The molecule has 0 aromatic carbocycles. The van der Waals surface area contributed by atoms with Crippen LogP contribution in [0.4, 0.5) is 0 Å². The Morgan fingerprint density at radius 3 is 2.80 bits per heavy atom. The summed E-state index contributed by atoms with van der Waals surface area (Å²) in [6, 6.07) is 3.34. The van der Waals surface area contributed by atoms with Gasteiger partial charge in [0.2, 0.25) is 5.91 Å². The van der Waals surface area contributed by atoms with Crippen LogP contribution in [0.15, 0.2) is 23.1 Å². The van der Waals surface area contributed by atoms with Crippen molar-refractivity contribution < 1.29 is 19.8 Å². The lowest BCUT2D eigenvalue weighted by molar-refractivity contribution is -0.130. The Morgan fingerprint density at radius 2 is 2.00 bits per heavy atom. The number of amides is 2. The molecule has 0 atom stereocenters. The van der Waals surface area contributed by atoms with Gasteiger partial charge in [-0.15, -0.1) is 0 Å². The molecule has 1 saturated heterocycles. The maximum Gasteiger partial charge on any atom is 0.267 e. The number of rotatable bonds is 8. The van der Waals surface area contributed by atoms with Gasteiger partial charge in [-0.2, -0.15) is 0 Å². The lowest BCUT2D eigenvalue weighted by Gasteiger charge is -2.21. The van der Waals surface area contributed by atoms with Gasteiger partial charge in [0.1, 0.15) is 11.1 Å². The summed E-state index contributed by atoms with van der Waals surface area (Å²) >= 11 is 0. The van der Waals surface area contributed by atoms with Crippen molar-refractivity contribution in [1.82, 2.24) is 19.8 Å². The van der Waals surface area contributed by atoms with Crippen molar-refractivity contribution in [3.05, 3.63) is 34.2 Å². The van der Waals surface area contributed by atoms with Crippen LogP contribution >= 0.6 is 0 Å². The monoisotopic (exact) mass is 416 g/mol. The molecule has 2 aromatic heterocycles. The highest BCUT2D eigenvalue weighted by atomic mass is 16.3. The molecule has 1 aliphatic rings. The van der Waals surface area contributed by atoms with Crippen molar-refractivity contribution >= 4 is 22.8 Å². The number of aromatic hydroxyl groups is 1. The summed E-state index contributed by atoms with van der Waals surface area (Å²) in [6.07, 6.45) is 5.88. The van der Waals surface area contributed by atoms with Gasteiger partial charge < -0.3 is 25.0 Å². The number of aromatic nitrogens is 2. The van der Waals surface area contributed by atoms with Crippen LogP contribution < -0.4 is 10.9 Å². The first-order valence-electron chi connectivity index (χ1n) is 10.4. The summed E-state index contributed by atoms with van der Waals surface area (Å²) in [5.41, 5.74) is -0.342. The average molecular weight is 416 g/mol. The SMILES string of the molecule is O=C(NCCCO)c1c(O)c2ncccc2n(CCCN2CCCCCC2=O)c1=O. The number of likely N-dealkylation sites (tertiary alicyclic amines) is 1. The first-order valence-corrected chi connectivity index (χ1v) is 10.4. The number of carbonyl (C=O) groups is 2. The standard InChI is InChI=1S/C21H28N4O5/c26-14-5-10-23-20(29)17-19(28)18-15(7-4-9-22-18)25(21(17)30)13-6-12-24-11-3-1-2-8-16(24)27/h4,7,9,26,28H,1-3,5-6,8,10-14H2,(H,23,29). The molecule has 3 N–H and O–H groups in total. The lowest BCUT2D eigenvalue weighted by atomic mass is 10.1. The van der Waals surface area contributed by atoms with E-state index in [9.17, 15) is 19.5 Å². The summed E-state index contributed by atoms with van der Waals surface area (Å²) < 4.78 is 1.44. The topological polar surface area (TPSA) is 125 Å². The van der Waals surface area contributed by atoms with Crippen LogP contribution in [0, 0.1) is 0 Å². The molecule has 9 nitrogen and oxygen atoms in total. The molecule has 0 spiro atoms. The number of fused-ring (bicyclic) bond motifs is 1. The van der Waals surface area contributed by atoms with Crippen molar-refractivity contribution in [2.45, 2.75) is 45.1 Å². The van der Waals surface area contributed by atoms with Crippen LogP contribution in [0.25, 0.3) is 11.0 Å². The molecular formula is C21H28N4O5. The second-order valence-electron chi connectivity index (χ2n) is 7.43. The molecule has 2 aromatic rings. The molecule has 0 saturated carbocycles. The van der Waals surface area contributed by atoms with E-state index in [2.05, 4.69) is 10.3 Å². The molecule has 0 aliphatic carbocycles. The fraction of sp³-hybridized carbons (Fsp3) is 0.524. The van der Waals surface area contributed by atoms with Gasteiger partial charge >= 0.3 is 0 Å². The molecule has 30 heavy (non-hydrogen) atoms. The number of pyridine rings is 2. The quantitative estimate of drug-likeness (QED) is 0.552. The number of nitrogens with one attached hydrogen (secondary N) is 1. The number of hydrogen-bond donors (Lipinski definition) is 3. The van der Waals surface area contributed by atoms with E-state index in [1.165, 1.54) is 10.8 Å². The summed E-state index contributed by atoms with van der Waals surface area (Å²) in [5.74, 6) is -1.01. The number of aliphatic hydroxyl groups is 1. The van der Waals surface area contributed by atoms with Crippen molar-refractivity contribution in [3.63, 3.8) is 0 Å². The van der Waals surface area contributed by atoms with Gasteiger partial charge in [-0.25, -0.2) is 0 Å². The highest BCUT2D eigenvalue weighted by molar-refractivity contribution is 6.01. The van der Waals surface area contributed by atoms with E-state index in [-0.39, 0.29) is 30.1 Å². The maximum atomic E-state index is 13.1. The van der Waals surface area contributed by atoms with Gasteiger partial charge in [-0.3, -0.25) is 19.4 Å². The molecule has 2 amide bonds. The number of carbonyl (C=O) groups excluding carboxylic acids is 2. The third kappa shape index (κ3) is 4.79. The summed E-state index contributed by atoms with van der Waals surface area (Å²) in [4.78, 5) is 43.8. The van der Waals surface area contributed by atoms with Gasteiger partial charge in [-0.05, 0) is 37.8 Å². The van der Waals surface area contributed by atoms with E-state index in [1.54, 1.807) is 12.1 Å². The smallest absolute Gasteiger partial charge is 0.267 e. The molecule has 3 heterocycles. The zero-order chi connectivity index (χ0) is 21.5. The minimum atomic E-state index is -0.699. The van der Waals surface area contributed by atoms with Crippen molar-refractivity contribution in [2.75, 3.05) is 26.2 Å². The van der Waals surface area contributed by atoms with Crippen molar-refractivity contribution in [1.29, 1.82) is 0 Å². The van der Waals surface area contributed by atoms with Crippen LogP contribution in [-0.4, -0.2) is 62.7 Å². The van der Waals surface area contributed by atoms with Gasteiger partial charge in [0.25, 0.3) is 11.5 Å². The molecule has 3 rings (SSSR count). The largest absolute Gasteiger partial charge is 0.505 e. The van der Waals surface area contributed by atoms with Gasteiger partial charge in [0.15, 0.2) is 5.75 Å². The van der Waals surface area contributed by atoms with Crippen LogP contribution in [0.3, 0.4) is 0 Å². The first kappa shape index (κ1) is 21.8. The zero-order valence-electron chi connectivity index (χ0n) is 17.0. The number of nitrogens with zero attached hydrogens (tertiary/aromatic N) is 3. The normalized spacial score (nSPS) is 14.7. The van der Waals surface area contributed by atoms with E-state index in [4.69, 9.17) is 5.11 Å². The second kappa shape index (κ2) is 10.2. The number of hydrogen-bond acceptors (Lipinski definition) is 6. The molecule has 1 aliphatic heterocycles. The van der Waals surface area contributed by atoms with E-state index in [0.29, 0.717) is 37.9 Å². The minimum Gasteiger partial charge on any atom is -0.505 e. The number of aryl methyl sites for hydroxylation is 1. The van der Waals surface area contributed by atoms with Crippen molar-refractivity contribution in [3.8, 4) is 5.75 Å². The molecule has 9 heteroatoms. The molecule has 162 valence electrons. The van der Waals surface area contributed by atoms with Crippen LogP contribution in [-0.2, 0) is 11.3 Å². The Hall–Kier alpha value is -2.94. The fourth-order valence-electron chi connectivity index (χ4n) is 3.75. The Balaban J connectivity index is 1.86.